The highest BCUT2D eigenvalue weighted by Crippen LogP contribution is 2.17. The normalized spacial score (nSPS) is 12.8. The lowest BCUT2D eigenvalue weighted by Gasteiger charge is -2.14. The van der Waals surface area contributed by atoms with E-state index in [4.69, 9.17) is 0 Å². The second-order valence-corrected chi connectivity index (χ2v) is 5.47. The van der Waals surface area contributed by atoms with Gasteiger partial charge in [0.1, 0.15) is 5.82 Å². The van der Waals surface area contributed by atoms with Crippen molar-refractivity contribution in [2.75, 3.05) is 5.32 Å². The van der Waals surface area contributed by atoms with Crippen molar-refractivity contribution in [2.24, 2.45) is 0 Å². The molecular formula is C13H19BrN4. The number of rotatable bonds is 6. The van der Waals surface area contributed by atoms with E-state index in [1.54, 1.807) is 10.7 Å². The van der Waals surface area contributed by atoms with Gasteiger partial charge in [0.25, 0.3) is 0 Å². The third-order valence-electron chi connectivity index (χ3n) is 2.96. The topological polar surface area (TPSA) is 42.2 Å². The van der Waals surface area contributed by atoms with E-state index in [-0.39, 0.29) is 0 Å². The highest BCUT2D eigenvalue weighted by Gasteiger charge is 2.06. The molecule has 18 heavy (non-hydrogen) atoms. The number of aromatic nitrogens is 3. The fraction of sp³-hybridized carbons (Fsp3) is 0.538. The molecule has 2 heterocycles. The van der Waals surface area contributed by atoms with Gasteiger partial charge in [0.15, 0.2) is 5.65 Å². The molecule has 0 saturated carbocycles. The van der Waals surface area contributed by atoms with Crippen molar-refractivity contribution in [3.63, 3.8) is 0 Å². The molecule has 1 N–H and O–H groups in total. The predicted molar refractivity (Wildman–Crippen MR) is 77.9 cm³/mol. The van der Waals surface area contributed by atoms with Gasteiger partial charge in [-0.2, -0.15) is 5.10 Å². The Morgan fingerprint density at radius 2 is 2.28 bits per heavy atom. The van der Waals surface area contributed by atoms with Gasteiger partial charge in [0.2, 0.25) is 0 Å². The molecule has 4 nitrogen and oxygen atoms in total. The van der Waals surface area contributed by atoms with Crippen LogP contribution in [0.15, 0.2) is 22.9 Å². The third-order valence-corrected chi connectivity index (χ3v) is 3.52. The zero-order valence-electron chi connectivity index (χ0n) is 10.9. The van der Waals surface area contributed by atoms with Crippen LogP contribution in [0.1, 0.15) is 39.5 Å². The zero-order valence-corrected chi connectivity index (χ0v) is 12.4. The van der Waals surface area contributed by atoms with Crippen molar-refractivity contribution < 1.29 is 0 Å². The molecule has 0 radical (unpaired) electrons. The smallest absolute Gasteiger partial charge is 0.171 e. The van der Waals surface area contributed by atoms with Crippen LogP contribution in [0.2, 0.25) is 0 Å². The molecule has 0 spiro atoms. The summed E-state index contributed by atoms with van der Waals surface area (Å²) in [4.78, 5) is 4.55. The van der Waals surface area contributed by atoms with Crippen LogP contribution in [0, 0.1) is 0 Å². The van der Waals surface area contributed by atoms with Gasteiger partial charge in [0, 0.05) is 12.2 Å². The van der Waals surface area contributed by atoms with Crippen molar-refractivity contribution in [2.45, 2.75) is 45.6 Å². The first kappa shape index (κ1) is 13.3. The molecule has 2 rings (SSSR count). The first-order valence-electron chi connectivity index (χ1n) is 6.47. The van der Waals surface area contributed by atoms with Gasteiger partial charge < -0.3 is 5.32 Å². The van der Waals surface area contributed by atoms with Gasteiger partial charge in [-0.3, -0.25) is 0 Å². The Kier molecular flexibility index (Phi) is 4.58. The number of nitrogens with one attached hydrogen (secondary N) is 1. The Morgan fingerprint density at radius 1 is 1.44 bits per heavy atom. The first-order valence-corrected chi connectivity index (χ1v) is 7.26. The van der Waals surface area contributed by atoms with Gasteiger partial charge in [-0.05, 0) is 35.3 Å². The van der Waals surface area contributed by atoms with Gasteiger partial charge >= 0.3 is 0 Å². The summed E-state index contributed by atoms with van der Waals surface area (Å²) in [6, 6.07) is 2.41. The fourth-order valence-corrected chi connectivity index (χ4v) is 2.31. The lowest BCUT2D eigenvalue weighted by molar-refractivity contribution is 0.613. The van der Waals surface area contributed by atoms with Crippen molar-refractivity contribution in [1.82, 2.24) is 14.6 Å². The zero-order chi connectivity index (χ0) is 13.0. The molecule has 0 aliphatic heterocycles. The van der Waals surface area contributed by atoms with E-state index in [0.717, 1.165) is 15.9 Å². The van der Waals surface area contributed by atoms with Crippen molar-refractivity contribution in [3.05, 3.63) is 22.9 Å². The summed E-state index contributed by atoms with van der Waals surface area (Å²) in [7, 11) is 0. The van der Waals surface area contributed by atoms with E-state index in [1.807, 2.05) is 12.3 Å². The molecule has 1 unspecified atom stereocenters. The monoisotopic (exact) mass is 310 g/mol. The van der Waals surface area contributed by atoms with E-state index in [0.29, 0.717) is 6.04 Å². The maximum atomic E-state index is 4.55. The minimum absolute atomic E-state index is 0.452. The average Bonchev–Trinajstić information content (AvgIpc) is 2.71. The number of fused-ring (bicyclic) bond motifs is 1. The molecule has 0 aliphatic rings. The van der Waals surface area contributed by atoms with Crippen molar-refractivity contribution in [1.29, 1.82) is 0 Å². The summed E-state index contributed by atoms with van der Waals surface area (Å²) in [5, 5.41) is 7.62. The Labute approximate surface area is 116 Å². The fourth-order valence-electron chi connectivity index (χ4n) is 1.95. The Balaban J connectivity index is 2.00. The summed E-state index contributed by atoms with van der Waals surface area (Å²) in [5.41, 5.74) is 0.848. The van der Waals surface area contributed by atoms with Crippen molar-refractivity contribution in [3.8, 4) is 0 Å². The number of halogens is 1. The molecule has 0 saturated heterocycles. The maximum Gasteiger partial charge on any atom is 0.171 e. The molecule has 5 heteroatoms. The second-order valence-electron chi connectivity index (χ2n) is 4.61. The highest BCUT2D eigenvalue weighted by atomic mass is 79.9. The van der Waals surface area contributed by atoms with Crippen LogP contribution in [0.4, 0.5) is 5.82 Å². The highest BCUT2D eigenvalue weighted by molar-refractivity contribution is 9.10. The van der Waals surface area contributed by atoms with Gasteiger partial charge in [-0.15, -0.1) is 0 Å². The Morgan fingerprint density at radius 3 is 3.06 bits per heavy atom. The van der Waals surface area contributed by atoms with Crippen LogP contribution in [-0.2, 0) is 0 Å². The third kappa shape index (κ3) is 3.22. The molecule has 0 fully saturated rings. The summed E-state index contributed by atoms with van der Waals surface area (Å²) in [5.74, 6) is 0.910. The quantitative estimate of drug-likeness (QED) is 0.823. The van der Waals surface area contributed by atoms with Gasteiger partial charge in [0.05, 0.1) is 10.7 Å². The molecule has 98 valence electrons. The minimum atomic E-state index is 0.452. The van der Waals surface area contributed by atoms with E-state index >= 15 is 0 Å². The predicted octanol–water partition coefficient (Wildman–Crippen LogP) is 3.87. The van der Waals surface area contributed by atoms with Crippen LogP contribution in [0.5, 0.6) is 0 Å². The largest absolute Gasteiger partial charge is 0.368 e. The van der Waals surface area contributed by atoms with E-state index in [1.165, 1.54) is 25.7 Å². The maximum absolute atomic E-state index is 4.55. The number of hydrogen-bond donors (Lipinski definition) is 1. The minimum Gasteiger partial charge on any atom is -0.368 e. The molecule has 2 aromatic rings. The molecule has 0 bridgehead atoms. The summed E-state index contributed by atoms with van der Waals surface area (Å²) >= 11 is 3.44. The Bertz CT molecular complexity index is 509. The lowest BCUT2D eigenvalue weighted by Crippen LogP contribution is -2.16. The lowest BCUT2D eigenvalue weighted by atomic mass is 10.1. The number of anilines is 1. The number of nitrogens with zero attached hydrogens (tertiary/aromatic N) is 3. The molecule has 0 amide bonds. The second kappa shape index (κ2) is 6.18. The van der Waals surface area contributed by atoms with Crippen LogP contribution < -0.4 is 5.32 Å². The van der Waals surface area contributed by atoms with E-state index < -0.39 is 0 Å². The SMILES string of the molecule is CCCCCC(C)Nc1ccn2ncc(Br)c2n1. The Hall–Kier alpha value is -1.10. The summed E-state index contributed by atoms with van der Waals surface area (Å²) in [6.07, 6.45) is 8.70. The molecular weight excluding hydrogens is 292 g/mol. The van der Waals surface area contributed by atoms with Crippen LogP contribution in [0.25, 0.3) is 5.65 Å². The van der Waals surface area contributed by atoms with Crippen LogP contribution >= 0.6 is 15.9 Å². The average molecular weight is 311 g/mol. The van der Waals surface area contributed by atoms with Crippen molar-refractivity contribution >= 4 is 27.4 Å². The molecule has 0 aromatic carbocycles. The van der Waals surface area contributed by atoms with Gasteiger partial charge in [-0.1, -0.05) is 26.2 Å². The van der Waals surface area contributed by atoms with Crippen LogP contribution in [0.3, 0.4) is 0 Å². The van der Waals surface area contributed by atoms with E-state index in [2.05, 4.69) is 45.2 Å². The summed E-state index contributed by atoms with van der Waals surface area (Å²) in [6.45, 7) is 4.43. The molecule has 2 aromatic heterocycles. The molecule has 0 aliphatic carbocycles. The van der Waals surface area contributed by atoms with E-state index in [9.17, 15) is 0 Å². The van der Waals surface area contributed by atoms with Crippen LogP contribution in [-0.4, -0.2) is 20.6 Å². The standard InChI is InChI=1S/C13H19BrN4/c1-3-4-5-6-10(2)16-12-7-8-18-13(17-12)11(14)9-15-18/h7-10H,3-6H2,1-2H3,(H,16,17). The molecule has 1 atom stereocenters. The number of hydrogen-bond acceptors (Lipinski definition) is 3. The van der Waals surface area contributed by atoms with Gasteiger partial charge in [-0.25, -0.2) is 9.50 Å². The number of unbranched alkanes of at least 4 members (excludes halogenated alkanes) is 2. The first-order chi connectivity index (χ1) is 8.70. The summed E-state index contributed by atoms with van der Waals surface area (Å²) < 4.78 is 2.68.